The number of hydrogen-bond acceptors (Lipinski definition) is 3. The Balaban J connectivity index is 0.00000289. The van der Waals surface area contributed by atoms with Crippen LogP contribution in [0.1, 0.15) is 18.4 Å². The fourth-order valence-electron chi connectivity index (χ4n) is 1.34. The van der Waals surface area contributed by atoms with Gasteiger partial charge in [0, 0.05) is 6.54 Å². The molecule has 0 heterocycles. The molecular weight excluding hydrogens is 279 g/mol. The summed E-state index contributed by atoms with van der Waals surface area (Å²) in [5, 5.41) is 0. The molecular formula is C11H18ClFN2O2S. The number of halogens is 2. The first kappa shape index (κ1) is 17.3. The molecule has 0 saturated heterocycles. The van der Waals surface area contributed by atoms with Crippen molar-refractivity contribution >= 4 is 22.4 Å². The predicted octanol–water partition coefficient (Wildman–Crippen LogP) is 1.57. The Bertz CT molecular complexity index is 480. The molecule has 3 N–H and O–H groups in total. The Labute approximate surface area is 113 Å². The van der Waals surface area contributed by atoms with E-state index >= 15 is 0 Å². The highest BCUT2D eigenvalue weighted by Crippen LogP contribution is 2.13. The molecule has 0 amide bonds. The second kappa shape index (κ2) is 7.68. The van der Waals surface area contributed by atoms with Crippen molar-refractivity contribution in [2.45, 2.75) is 24.7 Å². The first-order chi connectivity index (χ1) is 7.97. The van der Waals surface area contributed by atoms with Crippen LogP contribution in [0, 0.1) is 12.7 Å². The van der Waals surface area contributed by atoms with E-state index in [1.165, 1.54) is 19.1 Å². The number of benzene rings is 1. The Kier molecular flexibility index (Phi) is 7.39. The molecule has 0 radical (unpaired) electrons. The van der Waals surface area contributed by atoms with Crippen molar-refractivity contribution in [2.75, 3.05) is 13.1 Å². The Hall–Kier alpha value is -0.690. The van der Waals surface area contributed by atoms with Gasteiger partial charge in [-0.3, -0.25) is 0 Å². The molecule has 0 aliphatic carbocycles. The quantitative estimate of drug-likeness (QED) is 0.783. The van der Waals surface area contributed by atoms with Crippen molar-refractivity contribution in [1.29, 1.82) is 0 Å². The van der Waals surface area contributed by atoms with Crippen LogP contribution in [-0.4, -0.2) is 21.5 Å². The second-order valence-electron chi connectivity index (χ2n) is 3.80. The largest absolute Gasteiger partial charge is 0.330 e. The number of unbranched alkanes of at least 4 members (excludes halogenated alkanes) is 1. The van der Waals surface area contributed by atoms with Gasteiger partial charge >= 0.3 is 0 Å². The number of hydrogen-bond donors (Lipinski definition) is 2. The average Bonchev–Trinajstić information content (AvgIpc) is 2.28. The normalized spacial score (nSPS) is 11.1. The lowest BCUT2D eigenvalue weighted by atomic mass is 10.2. The Morgan fingerprint density at radius 2 is 2.00 bits per heavy atom. The van der Waals surface area contributed by atoms with Crippen molar-refractivity contribution < 1.29 is 12.8 Å². The third-order valence-electron chi connectivity index (χ3n) is 2.36. The molecule has 4 nitrogen and oxygen atoms in total. The van der Waals surface area contributed by atoms with E-state index in [1.54, 1.807) is 0 Å². The summed E-state index contributed by atoms with van der Waals surface area (Å²) in [7, 11) is -3.54. The molecule has 0 spiro atoms. The fraction of sp³-hybridized carbons (Fsp3) is 0.455. The predicted molar refractivity (Wildman–Crippen MR) is 71.9 cm³/mol. The zero-order chi connectivity index (χ0) is 12.9. The van der Waals surface area contributed by atoms with E-state index in [0.717, 1.165) is 12.5 Å². The molecule has 18 heavy (non-hydrogen) atoms. The summed E-state index contributed by atoms with van der Waals surface area (Å²) in [6.45, 7) is 2.41. The molecule has 0 aliphatic heterocycles. The van der Waals surface area contributed by atoms with Crippen LogP contribution in [0.5, 0.6) is 0 Å². The second-order valence-corrected chi connectivity index (χ2v) is 5.57. The molecule has 0 unspecified atom stereocenters. The van der Waals surface area contributed by atoms with E-state index in [2.05, 4.69) is 4.72 Å². The van der Waals surface area contributed by atoms with E-state index in [4.69, 9.17) is 5.73 Å². The van der Waals surface area contributed by atoms with Crippen LogP contribution in [0.3, 0.4) is 0 Å². The highest BCUT2D eigenvalue weighted by Gasteiger charge is 2.14. The molecule has 7 heteroatoms. The number of rotatable bonds is 6. The van der Waals surface area contributed by atoms with E-state index in [-0.39, 0.29) is 17.3 Å². The summed E-state index contributed by atoms with van der Waals surface area (Å²) < 4.78 is 39.0. The zero-order valence-electron chi connectivity index (χ0n) is 10.1. The molecule has 1 rings (SSSR count). The van der Waals surface area contributed by atoms with E-state index in [1.807, 2.05) is 0 Å². The molecule has 0 aliphatic rings. The van der Waals surface area contributed by atoms with Gasteiger partial charge in [-0.05, 0) is 50.1 Å². The zero-order valence-corrected chi connectivity index (χ0v) is 11.8. The lowest BCUT2D eigenvalue weighted by Gasteiger charge is -2.07. The van der Waals surface area contributed by atoms with Gasteiger partial charge < -0.3 is 5.73 Å². The van der Waals surface area contributed by atoms with Gasteiger partial charge in [-0.2, -0.15) is 0 Å². The number of nitrogens with one attached hydrogen (secondary N) is 1. The minimum Gasteiger partial charge on any atom is -0.330 e. The SMILES string of the molecule is Cc1cc(S(=O)(=O)NCCCCN)ccc1F.Cl. The van der Waals surface area contributed by atoms with Crippen molar-refractivity contribution in [3.05, 3.63) is 29.6 Å². The van der Waals surface area contributed by atoms with E-state index < -0.39 is 15.8 Å². The van der Waals surface area contributed by atoms with Gasteiger partial charge in [-0.1, -0.05) is 0 Å². The van der Waals surface area contributed by atoms with Crippen LogP contribution < -0.4 is 10.5 Å². The number of nitrogens with two attached hydrogens (primary N) is 1. The summed E-state index contributed by atoms with van der Waals surface area (Å²) >= 11 is 0. The summed E-state index contributed by atoms with van der Waals surface area (Å²) in [6.07, 6.45) is 1.46. The highest BCUT2D eigenvalue weighted by molar-refractivity contribution is 7.89. The summed E-state index contributed by atoms with van der Waals surface area (Å²) in [5.74, 6) is -0.410. The molecule has 0 aromatic heterocycles. The van der Waals surface area contributed by atoms with Gasteiger partial charge in [-0.25, -0.2) is 17.5 Å². The lowest BCUT2D eigenvalue weighted by Crippen LogP contribution is -2.25. The van der Waals surface area contributed by atoms with Crippen molar-refractivity contribution in [1.82, 2.24) is 4.72 Å². The number of sulfonamides is 1. The summed E-state index contributed by atoms with van der Waals surface area (Å²) in [5.41, 5.74) is 5.62. The van der Waals surface area contributed by atoms with Gasteiger partial charge in [0.05, 0.1) is 4.90 Å². The minimum absolute atomic E-state index is 0. The third kappa shape index (κ3) is 4.89. The van der Waals surface area contributed by atoms with Crippen molar-refractivity contribution in [2.24, 2.45) is 5.73 Å². The standard InChI is InChI=1S/C11H17FN2O2S.ClH/c1-9-8-10(4-5-11(9)12)17(15,16)14-7-3-2-6-13;/h4-5,8,14H,2-3,6-7,13H2,1H3;1H. The molecule has 0 fully saturated rings. The maximum Gasteiger partial charge on any atom is 0.240 e. The van der Waals surface area contributed by atoms with Crippen LogP contribution >= 0.6 is 12.4 Å². The van der Waals surface area contributed by atoms with E-state index in [9.17, 15) is 12.8 Å². The first-order valence-corrected chi connectivity index (χ1v) is 6.91. The lowest BCUT2D eigenvalue weighted by molar-refractivity contribution is 0.575. The molecule has 0 bridgehead atoms. The van der Waals surface area contributed by atoms with Crippen molar-refractivity contribution in [3.63, 3.8) is 0 Å². The summed E-state index contributed by atoms with van der Waals surface area (Å²) in [6, 6.07) is 3.73. The monoisotopic (exact) mass is 296 g/mol. The van der Waals surface area contributed by atoms with Gasteiger partial charge in [0.25, 0.3) is 0 Å². The maximum absolute atomic E-state index is 13.0. The van der Waals surface area contributed by atoms with Crippen LogP contribution in [0.25, 0.3) is 0 Å². The van der Waals surface area contributed by atoms with Crippen LogP contribution in [0.4, 0.5) is 4.39 Å². The van der Waals surface area contributed by atoms with Crippen LogP contribution in [0.15, 0.2) is 23.1 Å². The van der Waals surface area contributed by atoms with Gasteiger partial charge in [0.2, 0.25) is 10.0 Å². The molecule has 0 saturated carbocycles. The Morgan fingerprint density at radius 3 is 2.56 bits per heavy atom. The highest BCUT2D eigenvalue weighted by atomic mass is 35.5. The first-order valence-electron chi connectivity index (χ1n) is 5.43. The molecule has 0 atom stereocenters. The average molecular weight is 297 g/mol. The van der Waals surface area contributed by atoms with E-state index in [0.29, 0.717) is 25.1 Å². The summed E-state index contributed by atoms with van der Waals surface area (Å²) in [4.78, 5) is 0.0872. The fourth-order valence-corrected chi connectivity index (χ4v) is 2.50. The molecule has 104 valence electrons. The number of aryl methyl sites for hydroxylation is 1. The minimum atomic E-state index is -3.54. The molecule has 1 aromatic carbocycles. The third-order valence-corrected chi connectivity index (χ3v) is 3.82. The smallest absolute Gasteiger partial charge is 0.240 e. The van der Waals surface area contributed by atoms with Gasteiger partial charge in [0.15, 0.2) is 0 Å². The van der Waals surface area contributed by atoms with Gasteiger partial charge in [0.1, 0.15) is 5.82 Å². The van der Waals surface area contributed by atoms with Crippen molar-refractivity contribution in [3.8, 4) is 0 Å². The Morgan fingerprint density at radius 1 is 1.33 bits per heavy atom. The topological polar surface area (TPSA) is 72.2 Å². The van der Waals surface area contributed by atoms with Crippen LogP contribution in [-0.2, 0) is 10.0 Å². The van der Waals surface area contributed by atoms with Gasteiger partial charge in [-0.15, -0.1) is 12.4 Å². The maximum atomic E-state index is 13.0. The van der Waals surface area contributed by atoms with Crippen LogP contribution in [0.2, 0.25) is 0 Å². The molecule has 1 aromatic rings.